The number of carbonyl (C=O) groups is 1. The molecule has 1 amide bonds. The van der Waals surface area contributed by atoms with Gasteiger partial charge in [-0.05, 0) is 41.5 Å². The first-order valence-electron chi connectivity index (χ1n) is 7.90. The van der Waals surface area contributed by atoms with E-state index in [1.165, 1.54) is 0 Å². The van der Waals surface area contributed by atoms with Crippen molar-refractivity contribution in [2.75, 3.05) is 12.4 Å². The van der Waals surface area contributed by atoms with E-state index in [4.69, 9.17) is 4.74 Å². The lowest BCUT2D eigenvalue weighted by molar-refractivity contribution is 0.102. The Bertz CT molecular complexity index is 872. The molecule has 0 spiro atoms. The average Bonchev–Trinajstić information content (AvgIpc) is 2.68. The van der Waals surface area contributed by atoms with Crippen LogP contribution in [0, 0.1) is 0 Å². The molecule has 1 N–H and O–H groups in total. The molecule has 0 bridgehead atoms. The highest BCUT2D eigenvalue weighted by Crippen LogP contribution is 2.20. The molecule has 0 aliphatic rings. The van der Waals surface area contributed by atoms with Crippen LogP contribution in [0.5, 0.6) is 5.75 Å². The zero-order valence-electron chi connectivity index (χ0n) is 13.8. The molecule has 0 aliphatic heterocycles. The van der Waals surface area contributed by atoms with Gasteiger partial charge >= 0.3 is 0 Å². The number of nitrogens with zero attached hydrogens (tertiary/aromatic N) is 1. The summed E-state index contributed by atoms with van der Waals surface area (Å²) in [6.45, 7) is 0. The SMILES string of the molecule is COc1ccc(/C=C/c2ccccc2NC(=O)c2ccccn2)cc1. The van der Waals surface area contributed by atoms with Gasteiger partial charge in [-0.1, -0.05) is 48.6 Å². The van der Waals surface area contributed by atoms with Crippen molar-refractivity contribution >= 4 is 23.7 Å². The van der Waals surface area contributed by atoms with Crippen molar-refractivity contribution in [1.29, 1.82) is 0 Å². The number of amides is 1. The van der Waals surface area contributed by atoms with Gasteiger partial charge in [0.15, 0.2) is 0 Å². The van der Waals surface area contributed by atoms with Crippen molar-refractivity contribution in [1.82, 2.24) is 4.98 Å². The van der Waals surface area contributed by atoms with Crippen LogP contribution in [0.3, 0.4) is 0 Å². The van der Waals surface area contributed by atoms with Gasteiger partial charge in [-0.15, -0.1) is 0 Å². The highest BCUT2D eigenvalue weighted by molar-refractivity contribution is 6.04. The van der Waals surface area contributed by atoms with Gasteiger partial charge in [-0.25, -0.2) is 0 Å². The topological polar surface area (TPSA) is 51.2 Å². The number of nitrogens with one attached hydrogen (secondary N) is 1. The second-order valence-electron chi connectivity index (χ2n) is 5.36. The number of rotatable bonds is 5. The van der Waals surface area contributed by atoms with E-state index in [1.807, 2.05) is 60.7 Å². The lowest BCUT2D eigenvalue weighted by Crippen LogP contribution is -2.14. The van der Waals surface area contributed by atoms with Crippen molar-refractivity contribution in [3.63, 3.8) is 0 Å². The number of pyridine rings is 1. The fourth-order valence-corrected chi connectivity index (χ4v) is 2.34. The van der Waals surface area contributed by atoms with E-state index in [0.29, 0.717) is 5.69 Å². The molecule has 2 aromatic carbocycles. The molecule has 4 heteroatoms. The number of anilines is 1. The van der Waals surface area contributed by atoms with Gasteiger partial charge in [0, 0.05) is 11.9 Å². The van der Waals surface area contributed by atoms with Gasteiger partial charge in [0.2, 0.25) is 0 Å². The molecule has 0 atom stereocenters. The molecule has 0 aliphatic carbocycles. The third-order valence-electron chi connectivity index (χ3n) is 3.68. The minimum absolute atomic E-state index is 0.231. The van der Waals surface area contributed by atoms with E-state index >= 15 is 0 Å². The van der Waals surface area contributed by atoms with E-state index in [9.17, 15) is 4.79 Å². The molecule has 3 aromatic rings. The number of para-hydroxylation sites is 1. The Morgan fingerprint density at radius 1 is 0.960 bits per heavy atom. The monoisotopic (exact) mass is 330 g/mol. The first-order chi connectivity index (χ1) is 12.3. The molecule has 1 heterocycles. The predicted molar refractivity (Wildman–Crippen MR) is 101 cm³/mol. The Hall–Kier alpha value is -3.40. The fraction of sp³-hybridized carbons (Fsp3) is 0.0476. The quantitative estimate of drug-likeness (QED) is 0.700. The number of methoxy groups -OCH3 is 1. The first kappa shape index (κ1) is 16.5. The Labute approximate surface area is 146 Å². The third kappa shape index (κ3) is 4.32. The summed E-state index contributed by atoms with van der Waals surface area (Å²) in [4.78, 5) is 16.4. The van der Waals surface area contributed by atoms with E-state index in [1.54, 1.807) is 31.5 Å². The third-order valence-corrected chi connectivity index (χ3v) is 3.68. The van der Waals surface area contributed by atoms with Crippen molar-refractivity contribution in [3.05, 3.63) is 89.7 Å². The fourth-order valence-electron chi connectivity index (χ4n) is 2.34. The van der Waals surface area contributed by atoms with E-state index < -0.39 is 0 Å². The Kier molecular flexibility index (Phi) is 5.22. The molecule has 0 unspecified atom stereocenters. The predicted octanol–water partition coefficient (Wildman–Crippen LogP) is 4.51. The van der Waals surface area contributed by atoms with Crippen LogP contribution in [-0.4, -0.2) is 18.0 Å². The minimum atomic E-state index is -0.231. The molecular weight excluding hydrogens is 312 g/mol. The summed E-state index contributed by atoms with van der Waals surface area (Å²) in [5.41, 5.74) is 3.09. The number of aromatic nitrogens is 1. The number of carbonyl (C=O) groups excluding carboxylic acids is 1. The Morgan fingerprint density at radius 2 is 1.72 bits per heavy atom. The Morgan fingerprint density at radius 3 is 2.44 bits per heavy atom. The van der Waals surface area contributed by atoms with Crippen molar-refractivity contribution < 1.29 is 9.53 Å². The van der Waals surface area contributed by atoms with Crippen LogP contribution >= 0.6 is 0 Å². The molecule has 3 rings (SSSR count). The second-order valence-corrected chi connectivity index (χ2v) is 5.36. The van der Waals surface area contributed by atoms with Gasteiger partial charge in [0.05, 0.1) is 7.11 Å². The molecule has 1 aromatic heterocycles. The van der Waals surface area contributed by atoms with E-state index in [2.05, 4.69) is 10.3 Å². The number of benzene rings is 2. The summed E-state index contributed by atoms with van der Waals surface area (Å²) in [5, 5.41) is 2.91. The number of ether oxygens (including phenoxy) is 1. The summed E-state index contributed by atoms with van der Waals surface area (Å²) in [7, 11) is 1.64. The average molecular weight is 330 g/mol. The second kappa shape index (κ2) is 7.93. The maximum Gasteiger partial charge on any atom is 0.274 e. The highest BCUT2D eigenvalue weighted by atomic mass is 16.5. The van der Waals surface area contributed by atoms with Crippen molar-refractivity contribution in [2.45, 2.75) is 0 Å². The lowest BCUT2D eigenvalue weighted by Gasteiger charge is -2.08. The summed E-state index contributed by atoms with van der Waals surface area (Å²) in [6.07, 6.45) is 5.56. The zero-order chi connectivity index (χ0) is 17.5. The number of hydrogen-bond donors (Lipinski definition) is 1. The maximum absolute atomic E-state index is 12.3. The molecule has 25 heavy (non-hydrogen) atoms. The molecule has 0 saturated carbocycles. The van der Waals surface area contributed by atoms with Crippen LogP contribution in [0.2, 0.25) is 0 Å². The van der Waals surface area contributed by atoms with Gasteiger partial charge in [-0.2, -0.15) is 0 Å². The standard InChI is InChI=1S/C21H18N2O2/c1-25-18-13-10-16(11-14-18)9-12-17-6-2-3-7-19(17)23-21(24)20-8-4-5-15-22-20/h2-15H,1H3,(H,23,24)/b12-9+. The van der Waals surface area contributed by atoms with Gasteiger partial charge < -0.3 is 10.1 Å². The summed E-state index contributed by atoms with van der Waals surface area (Å²) in [6, 6.07) is 20.7. The van der Waals surface area contributed by atoms with Crippen molar-refractivity contribution in [2.24, 2.45) is 0 Å². The largest absolute Gasteiger partial charge is 0.497 e. The molecule has 124 valence electrons. The van der Waals surface area contributed by atoms with Crippen LogP contribution in [0.4, 0.5) is 5.69 Å². The summed E-state index contributed by atoms with van der Waals surface area (Å²) < 4.78 is 5.16. The zero-order valence-corrected chi connectivity index (χ0v) is 13.8. The minimum Gasteiger partial charge on any atom is -0.497 e. The van der Waals surface area contributed by atoms with E-state index in [0.717, 1.165) is 22.6 Å². The maximum atomic E-state index is 12.3. The molecule has 0 fully saturated rings. The smallest absolute Gasteiger partial charge is 0.274 e. The van der Waals surface area contributed by atoms with Crippen LogP contribution < -0.4 is 10.1 Å². The normalized spacial score (nSPS) is 10.6. The summed E-state index contributed by atoms with van der Waals surface area (Å²) in [5.74, 6) is 0.589. The summed E-state index contributed by atoms with van der Waals surface area (Å²) >= 11 is 0. The Balaban J connectivity index is 1.78. The number of hydrogen-bond acceptors (Lipinski definition) is 3. The molecule has 0 radical (unpaired) electrons. The molecular formula is C21H18N2O2. The van der Waals surface area contributed by atoms with Crippen LogP contribution in [-0.2, 0) is 0 Å². The molecule has 4 nitrogen and oxygen atoms in total. The first-order valence-corrected chi connectivity index (χ1v) is 7.90. The highest BCUT2D eigenvalue weighted by Gasteiger charge is 2.08. The molecule has 0 saturated heterocycles. The van der Waals surface area contributed by atoms with Crippen LogP contribution in [0.25, 0.3) is 12.2 Å². The van der Waals surface area contributed by atoms with Crippen LogP contribution in [0.15, 0.2) is 72.9 Å². The van der Waals surface area contributed by atoms with Gasteiger partial charge in [0.1, 0.15) is 11.4 Å². The van der Waals surface area contributed by atoms with Gasteiger partial charge in [-0.3, -0.25) is 9.78 Å². The van der Waals surface area contributed by atoms with Crippen molar-refractivity contribution in [3.8, 4) is 5.75 Å². The van der Waals surface area contributed by atoms with Gasteiger partial charge in [0.25, 0.3) is 5.91 Å². The van der Waals surface area contributed by atoms with E-state index in [-0.39, 0.29) is 5.91 Å². The lowest BCUT2D eigenvalue weighted by atomic mass is 10.1. The van der Waals surface area contributed by atoms with Crippen LogP contribution in [0.1, 0.15) is 21.6 Å².